The van der Waals surface area contributed by atoms with Crippen LogP contribution in [-0.2, 0) is 19.5 Å². The van der Waals surface area contributed by atoms with Crippen molar-refractivity contribution in [2.45, 2.75) is 0 Å². The summed E-state index contributed by atoms with van der Waals surface area (Å²) in [6, 6.07) is 49.9. The number of para-hydroxylation sites is 4. The molecule has 0 saturated heterocycles. The van der Waals surface area contributed by atoms with Gasteiger partial charge in [-0.1, -0.05) is 72.8 Å². The molecule has 0 fully saturated rings. The number of aromatic nitrogens is 6. The minimum absolute atomic E-state index is 0. The van der Waals surface area contributed by atoms with E-state index in [1.807, 2.05) is 42.5 Å². The van der Waals surface area contributed by atoms with E-state index in [0.717, 1.165) is 44.8 Å². The summed E-state index contributed by atoms with van der Waals surface area (Å²) >= 11 is 0. The van der Waals surface area contributed by atoms with Gasteiger partial charge in [-0.25, -0.2) is 9.97 Å². The monoisotopic (exact) mass is 708 g/mol. The Hall–Kier alpha value is -6.30. The number of aromatic amines is 4. The molecule has 2 aliphatic heterocycles. The molecule has 240 valence electrons. The van der Waals surface area contributed by atoms with Crippen molar-refractivity contribution in [1.29, 1.82) is 0 Å². The van der Waals surface area contributed by atoms with Crippen LogP contribution in [0, 0.1) is 0 Å². The van der Waals surface area contributed by atoms with Gasteiger partial charge in [0.1, 0.15) is 0 Å². The fourth-order valence-electron chi connectivity index (χ4n) is 6.54. The van der Waals surface area contributed by atoms with Crippen molar-refractivity contribution in [2.75, 3.05) is 0 Å². The molecule has 0 atom stereocenters. The summed E-state index contributed by atoms with van der Waals surface area (Å²) < 4.78 is 0. The summed E-state index contributed by atoms with van der Waals surface area (Å²) in [7, 11) is 0. The molecule has 4 N–H and O–H groups in total. The molecule has 9 aromatic rings. The first-order chi connectivity index (χ1) is 24.7. The van der Waals surface area contributed by atoms with Crippen molar-refractivity contribution in [1.82, 2.24) is 29.9 Å². The van der Waals surface area contributed by atoms with Crippen molar-refractivity contribution in [3.8, 4) is 0 Å². The van der Waals surface area contributed by atoms with E-state index in [1.54, 1.807) is 0 Å². The van der Waals surface area contributed by atoms with Gasteiger partial charge >= 0.3 is 0 Å². The van der Waals surface area contributed by atoms with Crippen molar-refractivity contribution in [2.24, 2.45) is 0 Å². The predicted molar refractivity (Wildman–Crippen MR) is 210 cm³/mol. The molecule has 0 saturated carbocycles. The van der Waals surface area contributed by atoms with Gasteiger partial charge in [-0.15, -0.1) is 0 Å². The van der Waals surface area contributed by atoms with Crippen LogP contribution in [0.4, 0.5) is 0 Å². The Morgan fingerprint density at radius 2 is 0.588 bits per heavy atom. The van der Waals surface area contributed by atoms with Gasteiger partial charge in [-0.2, -0.15) is 0 Å². The van der Waals surface area contributed by atoms with Crippen LogP contribution in [-0.4, -0.2) is 29.9 Å². The van der Waals surface area contributed by atoms with Crippen molar-refractivity contribution < 1.29 is 19.5 Å². The molecule has 0 aliphatic carbocycles. The Morgan fingerprint density at radius 3 is 0.941 bits per heavy atom. The Bertz CT molecular complexity index is 2610. The maximum Gasteiger partial charge on any atom is 0.0659 e. The fraction of sp³-hybridized carbons (Fsp3) is 0. The van der Waals surface area contributed by atoms with E-state index < -0.39 is 0 Å². The van der Waals surface area contributed by atoms with Gasteiger partial charge < -0.3 is 19.9 Å². The zero-order valence-electron chi connectivity index (χ0n) is 27.8. The number of nitrogens with one attached hydrogen (secondary N) is 4. The predicted octanol–water partition coefficient (Wildman–Crippen LogP) is 11.3. The van der Waals surface area contributed by atoms with E-state index in [0.29, 0.717) is 0 Å². The number of H-pyrrole nitrogens is 4. The average molecular weight is 710 g/mol. The summed E-state index contributed by atoms with van der Waals surface area (Å²) in [5, 5.41) is 5.22. The third-order valence-electron chi connectivity index (χ3n) is 8.87. The summed E-state index contributed by atoms with van der Waals surface area (Å²) in [6.07, 6.45) is 8.05. The zero-order chi connectivity index (χ0) is 33.3. The third-order valence-corrected chi connectivity index (χ3v) is 8.87. The number of hydrogen-bond donors (Lipinski definition) is 4. The van der Waals surface area contributed by atoms with Gasteiger partial charge in [0.15, 0.2) is 0 Å². The zero-order valence-corrected chi connectivity index (χ0v) is 30.7. The van der Waals surface area contributed by atoms with Crippen LogP contribution in [0.2, 0.25) is 0 Å². The van der Waals surface area contributed by atoms with Crippen LogP contribution in [0.5, 0.6) is 0 Å². The first-order valence-corrected chi connectivity index (χ1v) is 16.7. The normalized spacial score (nSPS) is 11.6. The van der Waals surface area contributed by atoms with Crippen LogP contribution >= 0.6 is 0 Å². The van der Waals surface area contributed by atoms with Gasteiger partial charge in [0.05, 0.1) is 22.8 Å². The minimum atomic E-state index is 0. The molecule has 0 spiro atoms. The average Bonchev–Trinajstić information content (AvgIpc) is 4.00. The Balaban J connectivity index is 0.000000118. The van der Waals surface area contributed by atoms with E-state index in [-0.39, 0.29) is 19.5 Å². The molecule has 8 bridgehead atoms. The third kappa shape index (κ3) is 6.80. The maximum absolute atomic E-state index is 4.62. The van der Waals surface area contributed by atoms with Crippen LogP contribution in [0.3, 0.4) is 0 Å². The van der Waals surface area contributed by atoms with E-state index >= 15 is 0 Å². The smallest absolute Gasteiger partial charge is 0.0659 e. The second-order valence-electron chi connectivity index (χ2n) is 12.3. The molecule has 7 heteroatoms. The van der Waals surface area contributed by atoms with Crippen LogP contribution in [0.25, 0.3) is 90.0 Å². The molecule has 51 heavy (non-hydrogen) atoms. The molecule has 6 nitrogen and oxygen atoms in total. The Labute approximate surface area is 306 Å². The van der Waals surface area contributed by atoms with Gasteiger partial charge in [0, 0.05) is 85.2 Å². The van der Waals surface area contributed by atoms with E-state index in [2.05, 4.69) is 157 Å². The Morgan fingerprint density at radius 1 is 0.294 bits per heavy atom. The van der Waals surface area contributed by atoms with E-state index in [1.165, 1.54) is 43.6 Å². The standard InChI is InChI=1S/C20H14N4.2C12H9N.Zn/c1-2-14-10-16-5-6-18(23-16)12-20-8-7-19(24-20)11-17-4-3-15(22-17)9-13(1)21-14;2*1-3-7-11-9(5-1)10-6-2-4-8-12(10)13-11;/h1-12,21-22H;2*1-8,13H;. The molecular formula is C44H32N6Zn. The summed E-state index contributed by atoms with van der Waals surface area (Å²) in [5.41, 5.74) is 12.7. The summed E-state index contributed by atoms with van der Waals surface area (Å²) in [5.74, 6) is 0. The first kappa shape index (κ1) is 31.9. The fourth-order valence-corrected chi connectivity index (χ4v) is 6.54. The molecule has 11 rings (SSSR count). The summed E-state index contributed by atoms with van der Waals surface area (Å²) in [6.45, 7) is 0. The quantitative estimate of drug-likeness (QED) is 0.118. The molecular weight excluding hydrogens is 678 g/mol. The number of nitrogens with zero attached hydrogens (tertiary/aromatic N) is 2. The van der Waals surface area contributed by atoms with Gasteiger partial charge in [-0.05, 0) is 97.1 Å². The van der Waals surface area contributed by atoms with Gasteiger partial charge in [0.2, 0.25) is 0 Å². The van der Waals surface area contributed by atoms with Gasteiger partial charge in [-0.3, -0.25) is 0 Å². The number of hydrogen-bond acceptors (Lipinski definition) is 2. The first-order valence-electron chi connectivity index (χ1n) is 16.7. The SMILES string of the molecule is C1=Cc2cc3ccc(cc4ccc(cc5nc(cc1n2)C=C5)[nH]4)[nH]3.[Zn].c1ccc2c(c1)[nH]c1ccccc12.c1ccc2c(c1)[nH]c1ccccc12. The van der Waals surface area contributed by atoms with Crippen LogP contribution in [0.1, 0.15) is 22.8 Å². The number of benzene rings is 4. The van der Waals surface area contributed by atoms with Gasteiger partial charge in [0.25, 0.3) is 0 Å². The number of rotatable bonds is 0. The molecule has 2 aliphatic rings. The van der Waals surface area contributed by atoms with E-state index in [4.69, 9.17) is 0 Å². The van der Waals surface area contributed by atoms with Crippen molar-refractivity contribution in [3.63, 3.8) is 0 Å². The summed E-state index contributed by atoms with van der Waals surface area (Å²) in [4.78, 5) is 22.8. The largest absolute Gasteiger partial charge is 0.355 e. The molecule has 7 heterocycles. The van der Waals surface area contributed by atoms with Crippen molar-refractivity contribution >= 4 is 90.0 Å². The maximum atomic E-state index is 4.62. The second-order valence-corrected chi connectivity index (χ2v) is 12.3. The Kier molecular flexibility index (Phi) is 8.71. The molecule has 5 aromatic heterocycles. The second kappa shape index (κ2) is 13.9. The minimum Gasteiger partial charge on any atom is -0.355 e. The van der Waals surface area contributed by atoms with Crippen molar-refractivity contribution in [3.05, 3.63) is 168 Å². The topological polar surface area (TPSA) is 88.9 Å². The molecule has 0 amide bonds. The number of fused-ring (bicyclic) bond motifs is 14. The molecule has 0 unspecified atom stereocenters. The van der Waals surface area contributed by atoms with Crippen LogP contribution < -0.4 is 0 Å². The van der Waals surface area contributed by atoms with Crippen LogP contribution in [0.15, 0.2) is 146 Å². The van der Waals surface area contributed by atoms with E-state index in [9.17, 15) is 0 Å². The molecule has 0 radical (unpaired) electrons. The molecule has 4 aromatic carbocycles.